The Morgan fingerprint density at radius 1 is 0.714 bits per heavy atom. The van der Waals surface area contributed by atoms with Gasteiger partial charge in [0.25, 0.3) is 0 Å². The SMILES string of the molecule is CCCCCCCCCCCCCCc1ccc(OC(C)CCOC(=O)C(C)CC[N+](C)(C)Cc2ccccc2)cc1. The highest BCUT2D eigenvalue weighted by Crippen LogP contribution is 2.18. The number of carbonyl (C=O) groups excluding carboxylic acids is 1. The summed E-state index contributed by atoms with van der Waals surface area (Å²) in [5.41, 5.74) is 2.71. The minimum atomic E-state index is -0.107. The second kappa shape index (κ2) is 21.4. The zero-order chi connectivity index (χ0) is 30.5. The molecular weight excluding hydrogens is 518 g/mol. The van der Waals surface area contributed by atoms with Gasteiger partial charge in [-0.3, -0.25) is 4.79 Å². The van der Waals surface area contributed by atoms with E-state index in [-0.39, 0.29) is 18.0 Å². The molecule has 0 aromatic heterocycles. The van der Waals surface area contributed by atoms with Gasteiger partial charge in [-0.1, -0.05) is 127 Å². The monoisotopic (exact) mass is 580 g/mol. The second-order valence-electron chi connectivity index (χ2n) is 13.2. The number of nitrogens with zero attached hydrogens (tertiary/aromatic N) is 1. The molecule has 2 rings (SSSR count). The van der Waals surface area contributed by atoms with Crippen LogP contribution in [0.4, 0.5) is 0 Å². The summed E-state index contributed by atoms with van der Waals surface area (Å²) in [7, 11) is 4.44. The van der Waals surface area contributed by atoms with Crippen LogP contribution >= 0.6 is 0 Å². The Morgan fingerprint density at radius 3 is 1.88 bits per heavy atom. The highest BCUT2D eigenvalue weighted by atomic mass is 16.5. The molecule has 2 aromatic carbocycles. The Labute approximate surface area is 258 Å². The van der Waals surface area contributed by atoms with E-state index in [1.54, 1.807) is 0 Å². The maximum Gasteiger partial charge on any atom is 0.308 e. The van der Waals surface area contributed by atoms with E-state index in [0.717, 1.165) is 36.2 Å². The predicted octanol–water partition coefficient (Wildman–Crippen LogP) is 9.93. The van der Waals surface area contributed by atoms with Crippen LogP contribution < -0.4 is 4.74 Å². The second-order valence-corrected chi connectivity index (χ2v) is 13.2. The largest absolute Gasteiger partial charge is 0.491 e. The summed E-state index contributed by atoms with van der Waals surface area (Å²) >= 11 is 0. The molecule has 0 amide bonds. The molecule has 2 aromatic rings. The molecule has 0 bridgehead atoms. The Balaban J connectivity index is 1.51. The number of quaternary nitrogens is 1. The number of rotatable bonds is 24. The molecule has 4 nitrogen and oxygen atoms in total. The van der Waals surface area contributed by atoms with E-state index in [0.29, 0.717) is 13.0 Å². The number of carbonyl (C=O) groups is 1. The first-order chi connectivity index (χ1) is 20.3. The van der Waals surface area contributed by atoms with E-state index in [1.165, 1.54) is 88.2 Å². The van der Waals surface area contributed by atoms with Gasteiger partial charge in [0.15, 0.2) is 0 Å². The minimum absolute atomic E-state index is 0.00299. The lowest BCUT2D eigenvalue weighted by molar-refractivity contribution is -0.904. The first kappa shape index (κ1) is 35.9. The fraction of sp³-hybridized carbons (Fsp3) is 0.658. The fourth-order valence-electron chi connectivity index (χ4n) is 5.48. The molecule has 0 saturated heterocycles. The van der Waals surface area contributed by atoms with E-state index >= 15 is 0 Å². The van der Waals surface area contributed by atoms with E-state index in [4.69, 9.17) is 9.47 Å². The van der Waals surface area contributed by atoms with Crippen molar-refractivity contribution in [3.63, 3.8) is 0 Å². The van der Waals surface area contributed by atoms with Gasteiger partial charge in [-0.25, -0.2) is 0 Å². The normalized spacial score (nSPS) is 13.1. The molecule has 42 heavy (non-hydrogen) atoms. The van der Waals surface area contributed by atoms with Crippen molar-refractivity contribution in [1.29, 1.82) is 0 Å². The molecule has 0 aliphatic carbocycles. The third kappa shape index (κ3) is 16.9. The number of ether oxygens (including phenoxy) is 2. The van der Waals surface area contributed by atoms with Gasteiger partial charge in [0.05, 0.1) is 39.3 Å². The maximum atomic E-state index is 12.6. The molecule has 0 heterocycles. The third-order valence-electron chi connectivity index (χ3n) is 8.37. The van der Waals surface area contributed by atoms with Crippen LogP contribution in [0.25, 0.3) is 0 Å². The van der Waals surface area contributed by atoms with Gasteiger partial charge in [0.2, 0.25) is 0 Å². The lowest BCUT2D eigenvalue weighted by atomic mass is 10.0. The minimum Gasteiger partial charge on any atom is -0.491 e. The van der Waals surface area contributed by atoms with E-state index < -0.39 is 0 Å². The van der Waals surface area contributed by atoms with Crippen LogP contribution in [0.5, 0.6) is 5.75 Å². The number of unbranched alkanes of at least 4 members (excludes halogenated alkanes) is 11. The molecular formula is C38H62NO3+. The highest BCUT2D eigenvalue weighted by Gasteiger charge is 2.22. The van der Waals surface area contributed by atoms with Gasteiger partial charge in [-0.15, -0.1) is 0 Å². The standard InChI is InChI=1S/C38H62NO3/c1-6-7-8-9-10-11-12-13-14-15-16-18-21-35-24-26-37(27-25-35)42-34(3)29-31-41-38(40)33(2)28-30-39(4,5)32-36-22-19-17-20-23-36/h17,19-20,22-27,33-34H,6-16,18,21,28-32H2,1-5H3/q+1. The summed E-state index contributed by atoms with van der Waals surface area (Å²) in [5.74, 6) is 0.676. The molecule has 0 aliphatic rings. The predicted molar refractivity (Wildman–Crippen MR) is 178 cm³/mol. The van der Waals surface area contributed by atoms with Crippen molar-refractivity contribution in [3.05, 3.63) is 65.7 Å². The topological polar surface area (TPSA) is 35.5 Å². The third-order valence-corrected chi connectivity index (χ3v) is 8.37. The average Bonchev–Trinajstić information content (AvgIpc) is 2.97. The average molecular weight is 581 g/mol. The summed E-state index contributed by atoms with van der Waals surface area (Å²) in [5, 5.41) is 0. The number of aryl methyl sites for hydroxylation is 1. The lowest BCUT2D eigenvalue weighted by Gasteiger charge is -2.30. The van der Waals surface area contributed by atoms with Crippen molar-refractivity contribution >= 4 is 5.97 Å². The van der Waals surface area contributed by atoms with Crippen molar-refractivity contribution in [2.75, 3.05) is 27.2 Å². The van der Waals surface area contributed by atoms with Crippen LogP contribution in [0.2, 0.25) is 0 Å². The first-order valence-electron chi connectivity index (χ1n) is 17.1. The summed E-state index contributed by atoms with van der Waals surface area (Å²) in [6.45, 7) is 8.58. The molecule has 2 atom stereocenters. The molecule has 0 fully saturated rings. The highest BCUT2D eigenvalue weighted by molar-refractivity contribution is 5.71. The number of benzene rings is 2. The Bertz CT molecular complexity index is 941. The smallest absolute Gasteiger partial charge is 0.308 e. The van der Waals surface area contributed by atoms with Crippen molar-refractivity contribution in [1.82, 2.24) is 0 Å². The lowest BCUT2D eigenvalue weighted by Crippen LogP contribution is -2.40. The molecule has 236 valence electrons. The van der Waals surface area contributed by atoms with Crippen LogP contribution in [0.15, 0.2) is 54.6 Å². The number of esters is 1. The Morgan fingerprint density at radius 2 is 1.29 bits per heavy atom. The molecule has 0 N–H and O–H groups in total. The molecule has 0 spiro atoms. The van der Waals surface area contributed by atoms with Crippen LogP contribution in [-0.2, 0) is 22.5 Å². The van der Waals surface area contributed by atoms with Crippen molar-refractivity contribution in [2.45, 2.75) is 130 Å². The molecule has 0 aliphatic heterocycles. The zero-order valence-corrected chi connectivity index (χ0v) is 27.8. The summed E-state index contributed by atoms with van der Waals surface area (Å²) in [6.07, 6.45) is 19.3. The van der Waals surface area contributed by atoms with Crippen LogP contribution in [-0.4, -0.2) is 43.8 Å². The van der Waals surface area contributed by atoms with Crippen LogP contribution in [0.1, 0.15) is 122 Å². The van der Waals surface area contributed by atoms with Gasteiger partial charge in [-0.05, 0) is 37.5 Å². The van der Waals surface area contributed by atoms with Gasteiger partial charge in [0.1, 0.15) is 12.3 Å². The fourth-order valence-corrected chi connectivity index (χ4v) is 5.48. The van der Waals surface area contributed by atoms with E-state index in [1.807, 2.05) is 19.9 Å². The molecule has 2 unspecified atom stereocenters. The quantitative estimate of drug-likeness (QED) is 0.0704. The van der Waals surface area contributed by atoms with Gasteiger partial charge in [0, 0.05) is 18.4 Å². The van der Waals surface area contributed by atoms with E-state index in [9.17, 15) is 4.79 Å². The van der Waals surface area contributed by atoms with Crippen molar-refractivity contribution in [3.8, 4) is 5.75 Å². The molecule has 0 saturated carbocycles. The van der Waals surface area contributed by atoms with Crippen LogP contribution in [0.3, 0.4) is 0 Å². The number of hydrogen-bond donors (Lipinski definition) is 0. The van der Waals surface area contributed by atoms with Crippen molar-refractivity contribution < 1.29 is 18.8 Å². The summed E-state index contributed by atoms with van der Waals surface area (Å²) < 4.78 is 12.5. The van der Waals surface area contributed by atoms with Crippen molar-refractivity contribution in [2.24, 2.45) is 5.92 Å². The Kier molecular flexibility index (Phi) is 18.3. The maximum absolute atomic E-state index is 12.6. The van der Waals surface area contributed by atoms with Gasteiger partial charge < -0.3 is 14.0 Å². The van der Waals surface area contributed by atoms with Crippen LogP contribution in [0, 0.1) is 5.92 Å². The Hall–Kier alpha value is -2.33. The van der Waals surface area contributed by atoms with Gasteiger partial charge >= 0.3 is 5.97 Å². The molecule has 4 heteroatoms. The van der Waals surface area contributed by atoms with Gasteiger partial charge in [-0.2, -0.15) is 0 Å². The summed E-state index contributed by atoms with van der Waals surface area (Å²) in [6, 6.07) is 19.1. The zero-order valence-electron chi connectivity index (χ0n) is 27.8. The summed E-state index contributed by atoms with van der Waals surface area (Å²) in [4.78, 5) is 12.6. The molecule has 0 radical (unpaired) electrons. The van der Waals surface area contributed by atoms with E-state index in [2.05, 4.69) is 69.6 Å². The first-order valence-corrected chi connectivity index (χ1v) is 17.1. The number of hydrogen-bond acceptors (Lipinski definition) is 3.